The molecule has 3 nitrogen and oxygen atoms in total. The minimum Gasteiger partial charge on any atom is -0.378 e. The largest absolute Gasteiger partial charge is 0.378 e. The summed E-state index contributed by atoms with van der Waals surface area (Å²) in [6, 6.07) is 6.37. The van der Waals surface area contributed by atoms with Crippen molar-refractivity contribution in [2.75, 3.05) is 5.32 Å². The lowest BCUT2D eigenvalue weighted by molar-refractivity contribution is 0.654. The number of rotatable bonds is 5. The Morgan fingerprint density at radius 2 is 2.24 bits per heavy atom. The monoisotopic (exact) mass is 229 g/mol. The Labute approximate surface area is 103 Å². The molecule has 0 atom stereocenters. The van der Waals surface area contributed by atoms with Gasteiger partial charge in [-0.25, -0.2) is 0 Å². The van der Waals surface area contributed by atoms with Crippen LogP contribution in [-0.4, -0.2) is 9.55 Å². The summed E-state index contributed by atoms with van der Waals surface area (Å²) in [6.07, 6.45) is 7.02. The minimum atomic E-state index is 0.845. The molecule has 0 aromatic carbocycles. The van der Waals surface area contributed by atoms with Crippen LogP contribution in [0, 0.1) is 6.92 Å². The first kappa shape index (κ1) is 11.7. The standard InChI is InChI=1S/C14H19N3/c1-3-6-17-7-4-5-14(17)11-16-13-8-12(2)9-15-10-13/h4-5,7-10,16H,3,6,11H2,1-2H3. The van der Waals surface area contributed by atoms with Crippen LogP contribution in [0.2, 0.25) is 0 Å². The Balaban J connectivity index is 1.99. The first-order valence-electron chi connectivity index (χ1n) is 6.09. The van der Waals surface area contributed by atoms with Crippen molar-refractivity contribution < 1.29 is 0 Å². The zero-order chi connectivity index (χ0) is 12.1. The molecule has 0 unspecified atom stereocenters. The molecule has 2 heterocycles. The van der Waals surface area contributed by atoms with Gasteiger partial charge in [0.05, 0.1) is 12.2 Å². The average Bonchev–Trinajstić information content (AvgIpc) is 2.75. The number of hydrogen-bond acceptors (Lipinski definition) is 2. The van der Waals surface area contributed by atoms with Crippen molar-refractivity contribution >= 4 is 5.69 Å². The fourth-order valence-corrected chi connectivity index (χ4v) is 1.91. The molecule has 0 aliphatic carbocycles. The van der Waals surface area contributed by atoms with Gasteiger partial charge < -0.3 is 9.88 Å². The van der Waals surface area contributed by atoms with E-state index in [2.05, 4.69) is 53.1 Å². The van der Waals surface area contributed by atoms with E-state index in [0.29, 0.717) is 0 Å². The highest BCUT2D eigenvalue weighted by Gasteiger charge is 2.00. The van der Waals surface area contributed by atoms with Crippen molar-refractivity contribution in [3.8, 4) is 0 Å². The van der Waals surface area contributed by atoms with Crippen LogP contribution in [-0.2, 0) is 13.1 Å². The topological polar surface area (TPSA) is 29.9 Å². The highest BCUT2D eigenvalue weighted by Crippen LogP contribution is 2.10. The summed E-state index contributed by atoms with van der Waals surface area (Å²) in [5.74, 6) is 0. The molecule has 3 heteroatoms. The van der Waals surface area contributed by atoms with Gasteiger partial charge in [0.15, 0.2) is 0 Å². The Kier molecular flexibility index (Phi) is 3.81. The maximum atomic E-state index is 4.17. The highest BCUT2D eigenvalue weighted by molar-refractivity contribution is 5.42. The van der Waals surface area contributed by atoms with Crippen LogP contribution in [0.3, 0.4) is 0 Å². The average molecular weight is 229 g/mol. The third-order valence-corrected chi connectivity index (χ3v) is 2.74. The number of nitrogens with one attached hydrogen (secondary N) is 1. The van der Waals surface area contributed by atoms with Crippen molar-refractivity contribution in [2.45, 2.75) is 33.4 Å². The lowest BCUT2D eigenvalue weighted by Gasteiger charge is -2.10. The predicted octanol–water partition coefficient (Wildman–Crippen LogP) is 3.21. The lowest BCUT2D eigenvalue weighted by Crippen LogP contribution is -2.07. The van der Waals surface area contributed by atoms with Gasteiger partial charge in [-0.05, 0) is 37.1 Å². The number of aromatic nitrogens is 2. The molecule has 0 fully saturated rings. The zero-order valence-corrected chi connectivity index (χ0v) is 10.5. The van der Waals surface area contributed by atoms with E-state index in [9.17, 15) is 0 Å². The van der Waals surface area contributed by atoms with Crippen molar-refractivity contribution in [2.24, 2.45) is 0 Å². The highest BCUT2D eigenvalue weighted by atomic mass is 15.0. The summed E-state index contributed by atoms with van der Waals surface area (Å²) in [5.41, 5.74) is 3.57. The maximum absolute atomic E-state index is 4.17. The minimum absolute atomic E-state index is 0.845. The van der Waals surface area contributed by atoms with Gasteiger partial charge in [-0.2, -0.15) is 0 Å². The zero-order valence-electron chi connectivity index (χ0n) is 10.5. The summed E-state index contributed by atoms with van der Waals surface area (Å²) in [5, 5.41) is 3.40. The normalized spacial score (nSPS) is 10.5. The van der Waals surface area contributed by atoms with Crippen LogP contribution in [0.25, 0.3) is 0 Å². The molecular formula is C14H19N3. The molecule has 0 saturated heterocycles. The van der Waals surface area contributed by atoms with E-state index in [1.807, 2.05) is 12.4 Å². The summed E-state index contributed by atoms with van der Waals surface area (Å²) >= 11 is 0. The van der Waals surface area contributed by atoms with Gasteiger partial charge in [-0.3, -0.25) is 4.98 Å². The van der Waals surface area contributed by atoms with E-state index < -0.39 is 0 Å². The van der Waals surface area contributed by atoms with Crippen LogP contribution in [0.4, 0.5) is 5.69 Å². The molecule has 0 aliphatic heterocycles. The maximum Gasteiger partial charge on any atom is 0.0553 e. The predicted molar refractivity (Wildman–Crippen MR) is 71.0 cm³/mol. The van der Waals surface area contributed by atoms with Gasteiger partial charge >= 0.3 is 0 Å². The Bertz CT molecular complexity index is 474. The Morgan fingerprint density at radius 3 is 3.00 bits per heavy atom. The van der Waals surface area contributed by atoms with E-state index >= 15 is 0 Å². The van der Waals surface area contributed by atoms with Gasteiger partial charge in [0, 0.05) is 30.8 Å². The Morgan fingerprint density at radius 1 is 1.35 bits per heavy atom. The molecule has 0 spiro atoms. The molecule has 90 valence electrons. The fraction of sp³-hybridized carbons (Fsp3) is 0.357. The Hall–Kier alpha value is -1.77. The van der Waals surface area contributed by atoms with Crippen molar-refractivity contribution in [3.63, 3.8) is 0 Å². The number of hydrogen-bond donors (Lipinski definition) is 1. The smallest absolute Gasteiger partial charge is 0.0553 e. The summed E-state index contributed by atoms with van der Waals surface area (Å²) in [7, 11) is 0. The van der Waals surface area contributed by atoms with Gasteiger partial charge in [0.25, 0.3) is 0 Å². The van der Waals surface area contributed by atoms with Crippen LogP contribution >= 0.6 is 0 Å². The van der Waals surface area contributed by atoms with Gasteiger partial charge in [-0.1, -0.05) is 6.92 Å². The van der Waals surface area contributed by atoms with E-state index in [4.69, 9.17) is 0 Å². The molecule has 2 aromatic heterocycles. The quantitative estimate of drug-likeness (QED) is 0.853. The summed E-state index contributed by atoms with van der Waals surface area (Å²) in [6.45, 7) is 6.17. The number of anilines is 1. The molecule has 17 heavy (non-hydrogen) atoms. The summed E-state index contributed by atoms with van der Waals surface area (Å²) < 4.78 is 2.29. The second-order valence-corrected chi connectivity index (χ2v) is 4.30. The van der Waals surface area contributed by atoms with Crippen molar-refractivity contribution in [1.29, 1.82) is 0 Å². The second kappa shape index (κ2) is 5.53. The fourth-order valence-electron chi connectivity index (χ4n) is 1.91. The lowest BCUT2D eigenvalue weighted by atomic mass is 10.3. The van der Waals surface area contributed by atoms with E-state index in [1.165, 1.54) is 11.3 Å². The SMILES string of the molecule is CCCn1cccc1CNc1cncc(C)c1. The van der Waals surface area contributed by atoms with E-state index in [0.717, 1.165) is 25.2 Å². The van der Waals surface area contributed by atoms with Crippen molar-refractivity contribution in [1.82, 2.24) is 9.55 Å². The van der Waals surface area contributed by atoms with Crippen molar-refractivity contribution in [3.05, 3.63) is 48.0 Å². The molecule has 0 radical (unpaired) electrons. The summed E-state index contributed by atoms with van der Waals surface area (Å²) in [4.78, 5) is 4.17. The van der Waals surface area contributed by atoms with Crippen LogP contribution < -0.4 is 5.32 Å². The number of aryl methyl sites for hydroxylation is 2. The molecule has 0 bridgehead atoms. The van der Waals surface area contributed by atoms with Gasteiger partial charge in [0.2, 0.25) is 0 Å². The van der Waals surface area contributed by atoms with E-state index in [1.54, 1.807) is 0 Å². The van der Waals surface area contributed by atoms with Crippen LogP contribution in [0.5, 0.6) is 0 Å². The van der Waals surface area contributed by atoms with Crippen LogP contribution in [0.15, 0.2) is 36.8 Å². The second-order valence-electron chi connectivity index (χ2n) is 4.30. The van der Waals surface area contributed by atoms with Gasteiger partial charge in [0.1, 0.15) is 0 Å². The van der Waals surface area contributed by atoms with E-state index in [-0.39, 0.29) is 0 Å². The molecule has 0 saturated carbocycles. The first-order valence-corrected chi connectivity index (χ1v) is 6.09. The third kappa shape index (κ3) is 3.09. The number of pyridine rings is 1. The van der Waals surface area contributed by atoms with Crippen LogP contribution in [0.1, 0.15) is 24.6 Å². The third-order valence-electron chi connectivity index (χ3n) is 2.74. The van der Waals surface area contributed by atoms with Gasteiger partial charge in [-0.15, -0.1) is 0 Å². The molecule has 0 aliphatic rings. The number of nitrogens with zero attached hydrogens (tertiary/aromatic N) is 2. The molecule has 2 rings (SSSR count). The molecule has 2 aromatic rings. The molecule has 1 N–H and O–H groups in total. The molecule has 0 amide bonds. The first-order chi connectivity index (χ1) is 8.29. The molecular weight excluding hydrogens is 210 g/mol.